The summed E-state index contributed by atoms with van der Waals surface area (Å²) in [6.45, 7) is 1.90. The maximum atomic E-state index is 13.2. The van der Waals surface area contributed by atoms with Gasteiger partial charge < -0.3 is 9.47 Å². The van der Waals surface area contributed by atoms with Gasteiger partial charge in [0.1, 0.15) is 11.5 Å². The van der Waals surface area contributed by atoms with Gasteiger partial charge in [-0.2, -0.15) is 8.61 Å². The average molecular weight is 465 g/mol. The van der Waals surface area contributed by atoms with Crippen molar-refractivity contribution < 1.29 is 26.3 Å². The maximum absolute atomic E-state index is 13.2. The smallest absolute Gasteiger partial charge is 0.243 e. The molecule has 0 aromatic heterocycles. The highest BCUT2D eigenvalue weighted by Gasteiger charge is 2.33. The van der Waals surface area contributed by atoms with E-state index in [-0.39, 0.29) is 36.0 Å². The van der Waals surface area contributed by atoms with Gasteiger partial charge in [0.25, 0.3) is 0 Å². The quantitative estimate of drug-likeness (QED) is 0.683. The molecule has 2 aromatic carbocycles. The fourth-order valence-electron chi connectivity index (χ4n) is 4.30. The van der Waals surface area contributed by atoms with Crippen LogP contribution in [-0.2, 0) is 32.9 Å². The van der Waals surface area contributed by atoms with Crippen molar-refractivity contribution >= 4 is 20.0 Å². The first-order valence-corrected chi connectivity index (χ1v) is 13.3. The number of fused-ring (bicyclic) bond motifs is 2. The lowest BCUT2D eigenvalue weighted by Crippen LogP contribution is -2.37. The Morgan fingerprint density at radius 3 is 1.55 bits per heavy atom. The van der Waals surface area contributed by atoms with Gasteiger partial charge in [0.15, 0.2) is 0 Å². The van der Waals surface area contributed by atoms with E-state index in [9.17, 15) is 16.8 Å². The molecule has 0 bridgehead atoms. The molecule has 0 amide bonds. The lowest BCUT2D eigenvalue weighted by Gasteiger charge is -2.22. The van der Waals surface area contributed by atoms with Crippen LogP contribution in [0.4, 0.5) is 0 Å². The molecule has 8 nitrogen and oxygen atoms in total. The van der Waals surface area contributed by atoms with Crippen LogP contribution in [0.3, 0.4) is 0 Å². The molecule has 5 rings (SSSR count). The fraction of sp³-hybridized carbons (Fsp3) is 0.429. The fourth-order valence-corrected chi connectivity index (χ4v) is 7.34. The predicted octanol–water partition coefficient (Wildman–Crippen LogP) is 1.64. The van der Waals surface area contributed by atoms with Gasteiger partial charge in [-0.1, -0.05) is 0 Å². The molecular weight excluding hydrogens is 440 g/mol. The highest BCUT2D eigenvalue weighted by Crippen LogP contribution is 2.31. The lowest BCUT2D eigenvalue weighted by molar-refractivity contribution is 0.356. The Balaban J connectivity index is 1.35. The molecule has 0 atom stereocenters. The molecule has 166 valence electrons. The van der Waals surface area contributed by atoms with E-state index in [0.29, 0.717) is 32.5 Å². The van der Waals surface area contributed by atoms with Gasteiger partial charge in [0, 0.05) is 39.0 Å². The van der Waals surface area contributed by atoms with Crippen molar-refractivity contribution in [3.63, 3.8) is 0 Å². The molecule has 0 radical (unpaired) electrons. The minimum atomic E-state index is -3.71. The molecule has 1 saturated heterocycles. The summed E-state index contributed by atoms with van der Waals surface area (Å²) in [7, 11) is -7.42. The molecule has 2 aromatic rings. The Labute approximate surface area is 182 Å². The summed E-state index contributed by atoms with van der Waals surface area (Å²) >= 11 is 0. The number of hydrogen-bond acceptors (Lipinski definition) is 6. The third-order valence-corrected chi connectivity index (χ3v) is 9.80. The summed E-state index contributed by atoms with van der Waals surface area (Å²) in [6.07, 6.45) is 1.81. The Bertz CT molecular complexity index is 1130. The van der Waals surface area contributed by atoms with E-state index in [1.165, 1.54) is 8.61 Å². The standard InChI is InChI=1S/C21H24N2O6S2/c24-30(25,18-2-4-20-16(14-18)6-12-28-20)22-8-1-9-23(11-10-22)31(26,27)19-3-5-21-17(15-19)7-13-29-21/h2-5,14-15H,1,6-13H2. The first kappa shape index (κ1) is 20.7. The van der Waals surface area contributed by atoms with E-state index in [4.69, 9.17) is 9.47 Å². The molecular formula is C21H24N2O6S2. The number of ether oxygens (including phenoxy) is 2. The summed E-state index contributed by atoms with van der Waals surface area (Å²) in [4.78, 5) is 0.457. The normalized spacial score (nSPS) is 19.9. The first-order chi connectivity index (χ1) is 14.9. The topological polar surface area (TPSA) is 93.2 Å². The molecule has 10 heteroatoms. The van der Waals surface area contributed by atoms with Crippen molar-refractivity contribution in [1.29, 1.82) is 0 Å². The van der Waals surface area contributed by atoms with E-state index < -0.39 is 20.0 Å². The molecule has 3 heterocycles. The van der Waals surface area contributed by atoms with Crippen LogP contribution < -0.4 is 9.47 Å². The van der Waals surface area contributed by atoms with Crippen LogP contribution in [-0.4, -0.2) is 64.8 Å². The van der Waals surface area contributed by atoms with Gasteiger partial charge in [-0.15, -0.1) is 0 Å². The Kier molecular flexibility index (Phi) is 5.20. The summed E-state index contributed by atoms with van der Waals surface area (Å²) in [5.74, 6) is 1.46. The Hall–Kier alpha value is -2.14. The molecule has 0 N–H and O–H groups in total. The van der Waals surface area contributed by atoms with Crippen molar-refractivity contribution in [2.75, 3.05) is 39.4 Å². The summed E-state index contributed by atoms with van der Waals surface area (Å²) < 4.78 is 66.5. The largest absolute Gasteiger partial charge is 0.493 e. The molecule has 3 aliphatic heterocycles. The van der Waals surface area contributed by atoms with Crippen LogP contribution in [0.1, 0.15) is 17.5 Å². The second kappa shape index (κ2) is 7.77. The van der Waals surface area contributed by atoms with E-state index in [1.807, 2.05) is 0 Å². The van der Waals surface area contributed by atoms with Crippen molar-refractivity contribution in [3.05, 3.63) is 47.5 Å². The molecule has 0 aliphatic carbocycles. The van der Waals surface area contributed by atoms with Gasteiger partial charge in [0.2, 0.25) is 20.0 Å². The maximum Gasteiger partial charge on any atom is 0.243 e. The zero-order valence-corrected chi connectivity index (χ0v) is 18.6. The number of benzene rings is 2. The zero-order valence-electron chi connectivity index (χ0n) is 17.0. The third kappa shape index (κ3) is 3.71. The first-order valence-electron chi connectivity index (χ1n) is 10.4. The van der Waals surface area contributed by atoms with Crippen LogP contribution in [0.25, 0.3) is 0 Å². The highest BCUT2D eigenvalue weighted by atomic mass is 32.2. The average Bonchev–Trinajstić information content (AvgIpc) is 3.35. The van der Waals surface area contributed by atoms with Crippen molar-refractivity contribution in [2.45, 2.75) is 29.1 Å². The summed E-state index contributed by atoms with van der Waals surface area (Å²) in [5.41, 5.74) is 1.78. The molecule has 1 fully saturated rings. The second-order valence-electron chi connectivity index (χ2n) is 7.90. The van der Waals surface area contributed by atoms with Crippen LogP contribution in [0.2, 0.25) is 0 Å². The minimum Gasteiger partial charge on any atom is -0.493 e. The predicted molar refractivity (Wildman–Crippen MR) is 113 cm³/mol. The Morgan fingerprint density at radius 1 is 0.645 bits per heavy atom. The van der Waals surface area contributed by atoms with E-state index in [1.54, 1.807) is 36.4 Å². The lowest BCUT2D eigenvalue weighted by atomic mass is 10.2. The van der Waals surface area contributed by atoms with Crippen molar-refractivity contribution in [3.8, 4) is 11.5 Å². The van der Waals surface area contributed by atoms with Gasteiger partial charge in [0.05, 0.1) is 23.0 Å². The van der Waals surface area contributed by atoms with Crippen LogP contribution in [0, 0.1) is 0 Å². The van der Waals surface area contributed by atoms with E-state index in [2.05, 4.69) is 0 Å². The number of sulfonamides is 2. The van der Waals surface area contributed by atoms with Crippen LogP contribution in [0.15, 0.2) is 46.2 Å². The van der Waals surface area contributed by atoms with Crippen molar-refractivity contribution in [1.82, 2.24) is 8.61 Å². The Morgan fingerprint density at radius 2 is 1.10 bits per heavy atom. The van der Waals surface area contributed by atoms with Gasteiger partial charge in [-0.05, 0) is 53.9 Å². The van der Waals surface area contributed by atoms with Gasteiger partial charge >= 0.3 is 0 Å². The molecule has 0 spiro atoms. The number of nitrogens with zero attached hydrogens (tertiary/aromatic N) is 2. The van der Waals surface area contributed by atoms with Gasteiger partial charge in [-0.25, -0.2) is 16.8 Å². The highest BCUT2D eigenvalue weighted by molar-refractivity contribution is 7.89. The summed E-state index contributed by atoms with van der Waals surface area (Å²) in [6, 6.07) is 9.85. The van der Waals surface area contributed by atoms with Gasteiger partial charge in [-0.3, -0.25) is 0 Å². The second-order valence-corrected chi connectivity index (χ2v) is 11.8. The molecule has 0 unspecified atom stereocenters. The van der Waals surface area contributed by atoms with Crippen LogP contribution >= 0.6 is 0 Å². The molecule has 31 heavy (non-hydrogen) atoms. The molecule has 3 aliphatic rings. The molecule has 0 saturated carbocycles. The third-order valence-electron chi connectivity index (χ3n) is 6.01. The SMILES string of the molecule is O=S(=O)(c1ccc2c(c1)CCO2)N1CCCN(S(=O)(=O)c2ccc3c(c2)CCO3)CC1. The van der Waals surface area contributed by atoms with E-state index in [0.717, 1.165) is 22.6 Å². The van der Waals surface area contributed by atoms with E-state index >= 15 is 0 Å². The monoisotopic (exact) mass is 464 g/mol. The van der Waals surface area contributed by atoms with Crippen LogP contribution in [0.5, 0.6) is 11.5 Å². The summed E-state index contributed by atoms with van der Waals surface area (Å²) in [5, 5.41) is 0. The minimum absolute atomic E-state index is 0.114. The zero-order chi connectivity index (χ0) is 21.6. The number of hydrogen-bond donors (Lipinski definition) is 0. The van der Waals surface area contributed by atoms with Crippen molar-refractivity contribution in [2.24, 2.45) is 0 Å². The number of rotatable bonds is 4.